The number of hydrogen-bond acceptors (Lipinski definition) is 5. The van der Waals surface area contributed by atoms with Crippen molar-refractivity contribution in [1.82, 2.24) is 0 Å². The number of aromatic hydroxyl groups is 1. The first-order valence-electron chi connectivity index (χ1n) is 9.97. The van der Waals surface area contributed by atoms with Gasteiger partial charge in [0.15, 0.2) is 0 Å². The SMILES string of the molecule is CC(C)(C)c1cc(/C=C(\C#N)S(=O)(=O)c2ccccc2OC(F)(F)F)cc(C(C)(C)C)c1O. The lowest BCUT2D eigenvalue weighted by Crippen LogP contribution is -2.19. The van der Waals surface area contributed by atoms with E-state index in [1.54, 1.807) is 18.2 Å². The number of sulfone groups is 1. The second-order valence-electron chi connectivity index (χ2n) is 9.58. The summed E-state index contributed by atoms with van der Waals surface area (Å²) < 4.78 is 68.4. The maximum Gasteiger partial charge on any atom is 0.573 e. The van der Waals surface area contributed by atoms with Gasteiger partial charge in [-0.1, -0.05) is 53.7 Å². The molecule has 0 heterocycles. The van der Waals surface area contributed by atoms with Crippen LogP contribution in [0.1, 0.15) is 58.2 Å². The highest BCUT2D eigenvalue weighted by atomic mass is 32.2. The number of allylic oxidation sites excluding steroid dienone is 1. The van der Waals surface area contributed by atoms with Gasteiger partial charge in [-0.15, -0.1) is 13.2 Å². The Balaban J connectivity index is 2.76. The predicted molar refractivity (Wildman–Crippen MR) is 119 cm³/mol. The highest BCUT2D eigenvalue weighted by molar-refractivity contribution is 7.95. The molecule has 0 aliphatic rings. The van der Waals surface area contributed by atoms with Crippen molar-refractivity contribution in [3.63, 3.8) is 0 Å². The average Bonchev–Trinajstić information content (AvgIpc) is 2.64. The van der Waals surface area contributed by atoms with E-state index in [-0.39, 0.29) is 5.75 Å². The highest BCUT2D eigenvalue weighted by Crippen LogP contribution is 2.41. The summed E-state index contributed by atoms with van der Waals surface area (Å²) in [6.07, 6.45) is -4.02. The summed E-state index contributed by atoms with van der Waals surface area (Å²) in [6, 6.07) is 8.96. The van der Waals surface area contributed by atoms with Crippen molar-refractivity contribution in [2.24, 2.45) is 0 Å². The van der Waals surface area contributed by atoms with E-state index in [1.807, 2.05) is 41.5 Å². The largest absolute Gasteiger partial charge is 0.573 e. The molecule has 0 aliphatic carbocycles. The first-order valence-corrected chi connectivity index (χ1v) is 11.5. The summed E-state index contributed by atoms with van der Waals surface area (Å²) in [6.45, 7) is 11.2. The molecule has 0 saturated carbocycles. The molecule has 33 heavy (non-hydrogen) atoms. The van der Waals surface area contributed by atoms with Crippen LogP contribution in [-0.2, 0) is 20.7 Å². The fourth-order valence-corrected chi connectivity index (χ4v) is 4.49. The van der Waals surface area contributed by atoms with E-state index in [1.165, 1.54) is 12.1 Å². The number of alkyl halides is 3. The molecule has 0 amide bonds. The van der Waals surface area contributed by atoms with Gasteiger partial charge in [0.25, 0.3) is 0 Å². The number of hydrogen-bond donors (Lipinski definition) is 1. The van der Waals surface area contributed by atoms with Gasteiger partial charge in [0.05, 0.1) is 0 Å². The van der Waals surface area contributed by atoms with Crippen LogP contribution in [0.5, 0.6) is 11.5 Å². The molecule has 0 radical (unpaired) electrons. The number of phenolic OH excluding ortho intramolecular Hbond substituents is 1. The molecule has 0 unspecified atom stereocenters. The van der Waals surface area contributed by atoms with Crippen LogP contribution < -0.4 is 4.74 Å². The van der Waals surface area contributed by atoms with Crippen LogP contribution in [0.3, 0.4) is 0 Å². The molecule has 178 valence electrons. The fourth-order valence-electron chi connectivity index (χ4n) is 3.20. The zero-order chi connectivity index (χ0) is 25.4. The lowest BCUT2D eigenvalue weighted by molar-refractivity contribution is -0.275. The lowest BCUT2D eigenvalue weighted by Gasteiger charge is -2.28. The van der Waals surface area contributed by atoms with Crippen molar-refractivity contribution in [3.8, 4) is 17.6 Å². The quantitative estimate of drug-likeness (QED) is 0.524. The van der Waals surface area contributed by atoms with Crippen LogP contribution in [0, 0.1) is 11.3 Å². The predicted octanol–water partition coefficient (Wildman–Crippen LogP) is 6.22. The van der Waals surface area contributed by atoms with Gasteiger partial charge in [-0.05, 0) is 46.7 Å². The first-order chi connectivity index (χ1) is 14.9. The number of phenols is 1. The van der Waals surface area contributed by atoms with E-state index < -0.39 is 42.6 Å². The van der Waals surface area contributed by atoms with E-state index in [0.29, 0.717) is 16.7 Å². The summed E-state index contributed by atoms with van der Waals surface area (Å²) >= 11 is 0. The van der Waals surface area contributed by atoms with Crippen molar-refractivity contribution < 1.29 is 31.4 Å². The van der Waals surface area contributed by atoms with E-state index in [0.717, 1.165) is 18.2 Å². The Kier molecular flexibility index (Phi) is 6.96. The molecule has 9 heteroatoms. The monoisotopic (exact) mass is 481 g/mol. The molecule has 0 fully saturated rings. The molecule has 1 N–H and O–H groups in total. The standard InChI is InChI=1S/C24H26F3NO4S/c1-22(2,3)17-12-15(13-18(21(17)29)23(4,5)6)11-16(14-28)33(30,31)20-10-8-7-9-19(20)32-24(25,26)27/h7-13,29H,1-6H3/b16-11+. The van der Waals surface area contributed by atoms with Crippen LogP contribution in [0.15, 0.2) is 46.2 Å². The molecule has 0 atom stereocenters. The van der Waals surface area contributed by atoms with Gasteiger partial charge in [0.1, 0.15) is 27.4 Å². The first kappa shape index (κ1) is 26.3. The smallest absolute Gasteiger partial charge is 0.507 e. The lowest BCUT2D eigenvalue weighted by atomic mass is 9.78. The average molecular weight is 482 g/mol. The molecule has 0 spiro atoms. The van der Waals surface area contributed by atoms with Crippen LogP contribution >= 0.6 is 0 Å². The topological polar surface area (TPSA) is 87.4 Å². The number of halogens is 3. The number of nitriles is 1. The normalized spacial score (nSPS) is 13.5. The molecule has 0 aliphatic heterocycles. The summed E-state index contributed by atoms with van der Waals surface area (Å²) in [7, 11) is -4.65. The number of benzene rings is 2. The second-order valence-corrected chi connectivity index (χ2v) is 11.5. The van der Waals surface area contributed by atoms with Crippen LogP contribution in [-0.4, -0.2) is 19.9 Å². The van der Waals surface area contributed by atoms with Gasteiger partial charge >= 0.3 is 6.36 Å². The third-order valence-electron chi connectivity index (χ3n) is 4.81. The Morgan fingerprint density at radius 2 is 1.48 bits per heavy atom. The molecule has 2 rings (SSSR count). The molecule has 2 aromatic carbocycles. The van der Waals surface area contributed by atoms with Gasteiger partial charge in [0, 0.05) is 11.1 Å². The number of para-hydroxylation sites is 1. The Hall–Kier alpha value is -2.99. The van der Waals surface area contributed by atoms with Crippen molar-refractivity contribution in [3.05, 3.63) is 58.0 Å². The third-order valence-corrected chi connectivity index (χ3v) is 6.51. The summed E-state index contributed by atoms with van der Waals surface area (Å²) in [5.74, 6) is -0.861. The zero-order valence-electron chi connectivity index (χ0n) is 19.2. The number of rotatable bonds is 4. The van der Waals surface area contributed by atoms with Gasteiger partial charge < -0.3 is 9.84 Å². The molecule has 5 nitrogen and oxygen atoms in total. The number of ether oxygens (including phenoxy) is 1. The maximum absolute atomic E-state index is 13.1. The molecule has 0 aromatic heterocycles. The molecular formula is C24H26F3NO4S. The Morgan fingerprint density at radius 1 is 1.00 bits per heavy atom. The van der Waals surface area contributed by atoms with Crippen LogP contribution in [0.2, 0.25) is 0 Å². The highest BCUT2D eigenvalue weighted by Gasteiger charge is 2.35. The molecule has 0 bridgehead atoms. The van der Waals surface area contributed by atoms with Crippen molar-refractivity contribution in [2.75, 3.05) is 0 Å². The van der Waals surface area contributed by atoms with Gasteiger partial charge in [-0.25, -0.2) is 8.42 Å². The van der Waals surface area contributed by atoms with E-state index in [4.69, 9.17) is 0 Å². The van der Waals surface area contributed by atoms with E-state index in [2.05, 4.69) is 4.74 Å². The van der Waals surface area contributed by atoms with E-state index >= 15 is 0 Å². The zero-order valence-corrected chi connectivity index (χ0v) is 20.0. The van der Waals surface area contributed by atoms with Crippen molar-refractivity contribution >= 4 is 15.9 Å². The summed E-state index contributed by atoms with van der Waals surface area (Å²) in [4.78, 5) is -1.54. The third kappa shape index (κ3) is 6.08. The minimum Gasteiger partial charge on any atom is -0.507 e. The van der Waals surface area contributed by atoms with Crippen LogP contribution in [0.4, 0.5) is 13.2 Å². The van der Waals surface area contributed by atoms with Gasteiger partial charge in [0.2, 0.25) is 9.84 Å². The Morgan fingerprint density at radius 3 is 1.91 bits per heavy atom. The molecule has 0 saturated heterocycles. The van der Waals surface area contributed by atoms with Gasteiger partial charge in [-0.2, -0.15) is 5.26 Å². The Labute approximate surface area is 192 Å². The summed E-state index contributed by atoms with van der Waals surface area (Å²) in [5.41, 5.74) is 0.379. The van der Waals surface area contributed by atoms with Crippen molar-refractivity contribution in [1.29, 1.82) is 5.26 Å². The minimum atomic E-state index is -5.11. The minimum absolute atomic E-state index is 0.0671. The van der Waals surface area contributed by atoms with Crippen LogP contribution in [0.25, 0.3) is 6.08 Å². The number of nitrogens with zero attached hydrogens (tertiary/aromatic N) is 1. The maximum atomic E-state index is 13.1. The molecular weight excluding hydrogens is 455 g/mol. The van der Waals surface area contributed by atoms with Crippen molar-refractivity contribution in [2.45, 2.75) is 63.6 Å². The molecule has 2 aromatic rings. The summed E-state index contributed by atoms with van der Waals surface area (Å²) in [5, 5.41) is 20.4. The van der Waals surface area contributed by atoms with Gasteiger partial charge in [-0.3, -0.25) is 0 Å². The second kappa shape index (κ2) is 8.75. The fraction of sp³-hybridized carbons (Fsp3) is 0.375. The van der Waals surface area contributed by atoms with E-state index in [9.17, 15) is 32.0 Å². The Bertz CT molecular complexity index is 1190.